The lowest BCUT2D eigenvalue weighted by molar-refractivity contribution is -0.118. The van der Waals surface area contributed by atoms with E-state index in [9.17, 15) is 4.79 Å². The van der Waals surface area contributed by atoms with Crippen molar-refractivity contribution in [1.29, 1.82) is 0 Å². The Balaban J connectivity index is 1.97. The van der Waals surface area contributed by atoms with Crippen molar-refractivity contribution in [3.05, 3.63) is 47.5 Å². The Morgan fingerprint density at radius 3 is 2.95 bits per heavy atom. The van der Waals surface area contributed by atoms with Gasteiger partial charge in [-0.25, -0.2) is 0 Å². The number of halogens is 1. The number of fused-ring (bicyclic) bond motifs is 3. The zero-order valence-electron chi connectivity index (χ0n) is 11.4. The summed E-state index contributed by atoms with van der Waals surface area (Å²) in [5.41, 5.74) is 2.92. The highest BCUT2D eigenvalue weighted by atomic mass is 127. The predicted octanol–water partition coefficient (Wildman–Crippen LogP) is 3.81. The van der Waals surface area contributed by atoms with Crippen LogP contribution in [0.5, 0.6) is 0 Å². The molecule has 1 aliphatic rings. The van der Waals surface area contributed by atoms with Crippen LogP contribution >= 0.6 is 22.6 Å². The third-order valence-corrected chi connectivity index (χ3v) is 4.83. The molecule has 20 heavy (non-hydrogen) atoms. The van der Waals surface area contributed by atoms with E-state index < -0.39 is 0 Å². The zero-order valence-corrected chi connectivity index (χ0v) is 13.5. The van der Waals surface area contributed by atoms with Crippen molar-refractivity contribution in [3.8, 4) is 0 Å². The van der Waals surface area contributed by atoms with E-state index in [0.717, 1.165) is 13.0 Å². The number of hydrogen-bond donors (Lipinski definition) is 1. The maximum absolute atomic E-state index is 11.5. The fourth-order valence-corrected chi connectivity index (χ4v) is 3.48. The van der Waals surface area contributed by atoms with Gasteiger partial charge in [0.25, 0.3) is 0 Å². The Morgan fingerprint density at radius 1 is 1.25 bits per heavy atom. The molecule has 1 atom stereocenters. The van der Waals surface area contributed by atoms with Crippen LogP contribution in [0.15, 0.2) is 36.4 Å². The molecule has 0 spiro atoms. The molecule has 2 aromatic rings. The summed E-state index contributed by atoms with van der Waals surface area (Å²) in [6.07, 6.45) is 3.55. The molecular weight excluding hydrogens is 361 g/mol. The Kier molecular flexibility index (Phi) is 4.24. The smallest absolute Gasteiger partial charge is 0.229 e. The standard InChI is InChI=1S/C17H18INO/c18-10-16(20)19-11-14-6-3-5-13-9-8-12-4-1-2-7-15(12)17(13)14/h1-2,4,7-9,14H,3,5-6,10-11H2,(H,19,20). The minimum atomic E-state index is 0.137. The maximum Gasteiger partial charge on any atom is 0.229 e. The van der Waals surface area contributed by atoms with Crippen molar-refractivity contribution in [1.82, 2.24) is 5.32 Å². The van der Waals surface area contributed by atoms with E-state index in [4.69, 9.17) is 0 Å². The van der Waals surface area contributed by atoms with Crippen molar-refractivity contribution < 1.29 is 4.79 Å². The van der Waals surface area contributed by atoms with E-state index >= 15 is 0 Å². The first-order valence-corrected chi connectivity index (χ1v) is 8.65. The fourth-order valence-electron chi connectivity index (χ4n) is 3.21. The van der Waals surface area contributed by atoms with Gasteiger partial charge >= 0.3 is 0 Å². The quantitative estimate of drug-likeness (QED) is 0.638. The average molecular weight is 379 g/mol. The van der Waals surface area contributed by atoms with Crippen LogP contribution in [-0.4, -0.2) is 16.9 Å². The molecule has 0 saturated carbocycles. The van der Waals surface area contributed by atoms with E-state index in [1.807, 2.05) is 0 Å². The number of aryl methyl sites for hydroxylation is 1. The molecule has 2 nitrogen and oxygen atoms in total. The molecule has 0 aliphatic heterocycles. The summed E-state index contributed by atoms with van der Waals surface area (Å²) in [7, 11) is 0. The number of rotatable bonds is 3. The number of benzene rings is 2. The second kappa shape index (κ2) is 6.12. The van der Waals surface area contributed by atoms with Gasteiger partial charge in [-0.1, -0.05) is 59.0 Å². The highest BCUT2D eigenvalue weighted by molar-refractivity contribution is 14.1. The van der Waals surface area contributed by atoms with Crippen molar-refractivity contribution >= 4 is 39.3 Å². The SMILES string of the molecule is O=C(CI)NCC1CCCc2ccc3ccccc3c21. The average Bonchev–Trinajstić information content (AvgIpc) is 2.52. The first-order chi connectivity index (χ1) is 9.79. The summed E-state index contributed by atoms with van der Waals surface area (Å²) in [5, 5.41) is 5.72. The summed E-state index contributed by atoms with van der Waals surface area (Å²) >= 11 is 2.11. The molecule has 0 aromatic heterocycles. The van der Waals surface area contributed by atoms with Gasteiger partial charge in [-0.2, -0.15) is 0 Å². The minimum absolute atomic E-state index is 0.137. The van der Waals surface area contributed by atoms with Gasteiger partial charge in [-0.15, -0.1) is 0 Å². The number of carbonyl (C=O) groups excluding carboxylic acids is 1. The largest absolute Gasteiger partial charge is 0.355 e. The molecule has 0 radical (unpaired) electrons. The summed E-state index contributed by atoms with van der Waals surface area (Å²) in [6, 6.07) is 13.1. The van der Waals surface area contributed by atoms with Crippen LogP contribution in [0.2, 0.25) is 0 Å². The molecule has 3 heteroatoms. The normalized spacial score (nSPS) is 17.8. The van der Waals surface area contributed by atoms with Crippen LogP contribution in [-0.2, 0) is 11.2 Å². The molecule has 1 aliphatic carbocycles. The number of amides is 1. The Hall–Kier alpha value is -1.10. The second-order valence-electron chi connectivity index (χ2n) is 5.39. The maximum atomic E-state index is 11.5. The molecule has 0 bridgehead atoms. The van der Waals surface area contributed by atoms with Gasteiger partial charge in [0.1, 0.15) is 0 Å². The van der Waals surface area contributed by atoms with E-state index in [1.165, 1.54) is 34.7 Å². The third kappa shape index (κ3) is 2.68. The van der Waals surface area contributed by atoms with Gasteiger partial charge in [-0.05, 0) is 41.2 Å². The van der Waals surface area contributed by atoms with Crippen LogP contribution < -0.4 is 5.32 Å². The Labute approximate surface area is 133 Å². The highest BCUT2D eigenvalue weighted by Gasteiger charge is 2.22. The summed E-state index contributed by atoms with van der Waals surface area (Å²) in [4.78, 5) is 11.5. The monoisotopic (exact) mass is 379 g/mol. The Bertz CT molecular complexity index is 638. The van der Waals surface area contributed by atoms with Crippen molar-refractivity contribution in [2.45, 2.75) is 25.2 Å². The van der Waals surface area contributed by atoms with Gasteiger partial charge in [0.05, 0.1) is 4.43 Å². The van der Waals surface area contributed by atoms with E-state index in [1.54, 1.807) is 0 Å². The van der Waals surface area contributed by atoms with E-state index in [0.29, 0.717) is 10.3 Å². The first-order valence-electron chi connectivity index (χ1n) is 7.13. The summed E-state index contributed by atoms with van der Waals surface area (Å²) < 4.78 is 0.535. The molecule has 0 heterocycles. The molecule has 104 valence electrons. The van der Waals surface area contributed by atoms with Crippen molar-refractivity contribution in [2.75, 3.05) is 11.0 Å². The lowest BCUT2D eigenvalue weighted by Crippen LogP contribution is -2.30. The van der Waals surface area contributed by atoms with Crippen LogP contribution in [0.4, 0.5) is 0 Å². The first kappa shape index (κ1) is 13.9. The topological polar surface area (TPSA) is 29.1 Å². The predicted molar refractivity (Wildman–Crippen MR) is 91.5 cm³/mol. The van der Waals surface area contributed by atoms with Gasteiger partial charge in [0.15, 0.2) is 0 Å². The number of carbonyl (C=O) groups is 1. The molecule has 2 aromatic carbocycles. The number of nitrogens with one attached hydrogen (secondary N) is 1. The van der Waals surface area contributed by atoms with Gasteiger partial charge in [-0.3, -0.25) is 4.79 Å². The number of alkyl halides is 1. The molecular formula is C17H18INO. The van der Waals surface area contributed by atoms with Crippen LogP contribution in [0.3, 0.4) is 0 Å². The molecule has 1 unspecified atom stereocenters. The highest BCUT2D eigenvalue weighted by Crippen LogP contribution is 2.36. The minimum Gasteiger partial charge on any atom is -0.355 e. The van der Waals surface area contributed by atoms with E-state index in [2.05, 4.69) is 64.3 Å². The van der Waals surface area contributed by atoms with Crippen LogP contribution in [0, 0.1) is 0 Å². The summed E-state index contributed by atoms with van der Waals surface area (Å²) in [5.74, 6) is 0.592. The molecule has 1 amide bonds. The van der Waals surface area contributed by atoms with Crippen molar-refractivity contribution in [2.24, 2.45) is 0 Å². The van der Waals surface area contributed by atoms with Crippen LogP contribution in [0.1, 0.15) is 29.9 Å². The Morgan fingerprint density at radius 2 is 2.10 bits per heavy atom. The van der Waals surface area contributed by atoms with Crippen molar-refractivity contribution in [3.63, 3.8) is 0 Å². The van der Waals surface area contributed by atoms with Gasteiger partial charge in [0.2, 0.25) is 5.91 Å². The van der Waals surface area contributed by atoms with Gasteiger partial charge in [0, 0.05) is 12.5 Å². The van der Waals surface area contributed by atoms with Crippen LogP contribution in [0.25, 0.3) is 10.8 Å². The lowest BCUT2D eigenvalue weighted by Gasteiger charge is -2.27. The molecule has 1 N–H and O–H groups in total. The van der Waals surface area contributed by atoms with Gasteiger partial charge < -0.3 is 5.32 Å². The zero-order chi connectivity index (χ0) is 13.9. The molecule has 0 saturated heterocycles. The summed E-state index contributed by atoms with van der Waals surface area (Å²) in [6.45, 7) is 0.767. The second-order valence-corrected chi connectivity index (χ2v) is 6.15. The van der Waals surface area contributed by atoms with E-state index in [-0.39, 0.29) is 5.91 Å². The third-order valence-electron chi connectivity index (χ3n) is 4.13. The number of hydrogen-bond acceptors (Lipinski definition) is 1. The molecule has 0 fully saturated rings. The fraction of sp³-hybridized carbons (Fsp3) is 0.353. The lowest BCUT2D eigenvalue weighted by atomic mass is 9.80. The molecule has 3 rings (SSSR count).